The molecule has 1 spiro atoms. The third-order valence-corrected chi connectivity index (χ3v) is 8.72. The van der Waals surface area contributed by atoms with Crippen LogP contribution in [0, 0.1) is 5.41 Å². The molecule has 3 aliphatic heterocycles. The van der Waals surface area contributed by atoms with Gasteiger partial charge < -0.3 is 18.8 Å². The number of pyridine rings is 1. The van der Waals surface area contributed by atoms with E-state index in [0.717, 1.165) is 80.5 Å². The van der Waals surface area contributed by atoms with E-state index in [1.807, 2.05) is 6.20 Å². The van der Waals surface area contributed by atoms with Crippen LogP contribution in [0.15, 0.2) is 41.0 Å². The molecular weight excluding hydrogens is 478 g/mol. The Morgan fingerprint density at radius 1 is 0.974 bits per heavy atom. The number of allylic oxidation sites excluding steroid dienone is 1. The Balaban J connectivity index is 1.21. The molecule has 0 saturated carbocycles. The maximum Gasteiger partial charge on any atom is 0.229 e. The van der Waals surface area contributed by atoms with Crippen LogP contribution in [0.1, 0.15) is 29.5 Å². The summed E-state index contributed by atoms with van der Waals surface area (Å²) in [4.78, 5) is 19.8. The Morgan fingerprint density at radius 2 is 1.84 bits per heavy atom. The Bertz CT molecular complexity index is 1560. The summed E-state index contributed by atoms with van der Waals surface area (Å²) in [6.07, 6.45) is 9.74. The lowest BCUT2D eigenvalue weighted by Crippen LogP contribution is -2.50. The molecule has 8 rings (SSSR count). The number of likely N-dealkylation sites (tertiary alicyclic amines) is 1. The molecule has 0 N–H and O–H groups in total. The maximum atomic E-state index is 6.35. The van der Waals surface area contributed by atoms with E-state index in [9.17, 15) is 0 Å². The number of piperidine rings is 1. The van der Waals surface area contributed by atoms with Crippen LogP contribution < -0.4 is 4.90 Å². The Kier molecular flexibility index (Phi) is 5.28. The lowest BCUT2D eigenvalue weighted by molar-refractivity contribution is -0.140. The Labute approximate surface area is 221 Å². The summed E-state index contributed by atoms with van der Waals surface area (Å²) < 4.78 is 17.5. The molecule has 0 amide bonds. The number of anilines is 1. The van der Waals surface area contributed by atoms with Crippen molar-refractivity contribution in [2.75, 3.05) is 57.5 Å². The van der Waals surface area contributed by atoms with Gasteiger partial charge in [0.1, 0.15) is 5.52 Å². The molecule has 8 nitrogen and oxygen atoms in total. The van der Waals surface area contributed by atoms with Crippen molar-refractivity contribution in [3.05, 3.63) is 53.2 Å². The molecule has 1 aliphatic carbocycles. The number of nitrogens with zero attached hydrogens (tertiary/aromatic N) is 5. The summed E-state index contributed by atoms with van der Waals surface area (Å²) >= 11 is 0. The molecule has 0 bridgehead atoms. The highest BCUT2D eigenvalue weighted by molar-refractivity contribution is 6.05. The van der Waals surface area contributed by atoms with Gasteiger partial charge in [0.25, 0.3) is 0 Å². The van der Waals surface area contributed by atoms with Gasteiger partial charge in [0.15, 0.2) is 17.2 Å². The quantitative estimate of drug-likeness (QED) is 0.399. The molecule has 0 unspecified atom stereocenters. The minimum Gasteiger partial charge on any atom is -0.432 e. The molecule has 3 saturated heterocycles. The molecule has 3 aromatic heterocycles. The smallest absolute Gasteiger partial charge is 0.229 e. The average molecular weight is 510 g/mol. The number of rotatable bonds is 4. The van der Waals surface area contributed by atoms with Crippen molar-refractivity contribution in [2.45, 2.75) is 25.8 Å². The highest BCUT2D eigenvalue weighted by atomic mass is 16.5. The summed E-state index contributed by atoms with van der Waals surface area (Å²) in [7, 11) is 0. The maximum absolute atomic E-state index is 6.35. The lowest BCUT2D eigenvalue weighted by atomic mass is 9.77. The second-order valence-electron chi connectivity index (χ2n) is 11.2. The highest BCUT2D eigenvalue weighted by Crippen LogP contribution is 2.40. The second-order valence-corrected chi connectivity index (χ2v) is 11.2. The van der Waals surface area contributed by atoms with Gasteiger partial charge in [0, 0.05) is 36.8 Å². The van der Waals surface area contributed by atoms with E-state index < -0.39 is 0 Å². The fourth-order valence-electron chi connectivity index (χ4n) is 6.36. The van der Waals surface area contributed by atoms with Gasteiger partial charge in [-0.15, -0.1) is 0 Å². The first-order valence-corrected chi connectivity index (χ1v) is 13.8. The minimum atomic E-state index is 0.440. The number of morpholine rings is 1. The van der Waals surface area contributed by atoms with Gasteiger partial charge >= 0.3 is 0 Å². The van der Waals surface area contributed by atoms with Crippen LogP contribution >= 0.6 is 0 Å². The molecular formula is C30H31N5O3. The second kappa shape index (κ2) is 8.86. The minimum absolute atomic E-state index is 0.440. The standard InChI is InChI=1S/C30H31N5O3/c1-3-21-4-2-6-23(22(21)5-1)27-32-25-24-15-20(17-34-9-7-30(8-10-34)18-37-19-30)16-31-29(24)38-26(25)28(33-27)35-11-13-36-14-12-35/h1-2,4-6,15-16H,3,7-14,17-19H2. The van der Waals surface area contributed by atoms with Gasteiger partial charge in [0.2, 0.25) is 5.71 Å². The lowest BCUT2D eigenvalue weighted by Gasteiger charge is -2.47. The molecule has 4 aromatic rings. The van der Waals surface area contributed by atoms with Gasteiger partial charge in [-0.2, -0.15) is 0 Å². The van der Waals surface area contributed by atoms with E-state index in [-0.39, 0.29) is 0 Å². The fraction of sp³-hybridized carbons (Fsp3) is 0.433. The zero-order valence-electron chi connectivity index (χ0n) is 21.5. The summed E-state index contributed by atoms with van der Waals surface area (Å²) in [5.74, 6) is 1.57. The van der Waals surface area contributed by atoms with Crippen LogP contribution in [-0.4, -0.2) is 72.5 Å². The molecule has 6 heterocycles. The summed E-state index contributed by atoms with van der Waals surface area (Å²) in [5, 5.41) is 0.958. The topological polar surface area (TPSA) is 76.8 Å². The van der Waals surface area contributed by atoms with Crippen LogP contribution in [0.3, 0.4) is 0 Å². The first-order valence-electron chi connectivity index (χ1n) is 13.8. The zero-order chi connectivity index (χ0) is 25.1. The third kappa shape index (κ3) is 3.73. The van der Waals surface area contributed by atoms with E-state index in [0.29, 0.717) is 29.9 Å². The number of furan rings is 1. The van der Waals surface area contributed by atoms with Crippen molar-refractivity contribution in [3.8, 4) is 11.4 Å². The van der Waals surface area contributed by atoms with Gasteiger partial charge in [-0.25, -0.2) is 15.0 Å². The molecule has 0 atom stereocenters. The van der Waals surface area contributed by atoms with Crippen LogP contribution in [-0.2, 0) is 22.4 Å². The number of ether oxygens (including phenoxy) is 2. The van der Waals surface area contributed by atoms with E-state index in [4.69, 9.17) is 28.8 Å². The van der Waals surface area contributed by atoms with E-state index in [1.54, 1.807) is 0 Å². The Hall–Kier alpha value is -3.33. The van der Waals surface area contributed by atoms with Gasteiger partial charge in [0.05, 0.1) is 31.8 Å². The van der Waals surface area contributed by atoms with Gasteiger partial charge in [-0.3, -0.25) is 4.90 Å². The third-order valence-electron chi connectivity index (χ3n) is 8.72. The van der Waals surface area contributed by atoms with Gasteiger partial charge in [-0.1, -0.05) is 30.4 Å². The number of benzene rings is 1. The van der Waals surface area contributed by atoms with Crippen molar-refractivity contribution in [1.82, 2.24) is 19.9 Å². The van der Waals surface area contributed by atoms with Crippen LogP contribution in [0.5, 0.6) is 0 Å². The molecule has 0 radical (unpaired) electrons. The molecule has 3 fully saturated rings. The van der Waals surface area contributed by atoms with E-state index in [1.165, 1.54) is 29.5 Å². The summed E-state index contributed by atoms with van der Waals surface area (Å²) in [5.41, 5.74) is 7.39. The molecule has 1 aromatic carbocycles. The largest absolute Gasteiger partial charge is 0.432 e. The number of hydrogen-bond donors (Lipinski definition) is 0. The highest BCUT2D eigenvalue weighted by Gasteiger charge is 2.41. The van der Waals surface area contributed by atoms with E-state index >= 15 is 0 Å². The van der Waals surface area contributed by atoms with Gasteiger partial charge in [-0.05, 0) is 55.1 Å². The molecule has 8 heteroatoms. The first kappa shape index (κ1) is 22.6. The van der Waals surface area contributed by atoms with Crippen LogP contribution in [0.4, 0.5) is 5.82 Å². The Morgan fingerprint density at radius 3 is 2.66 bits per heavy atom. The average Bonchev–Trinajstić information content (AvgIpc) is 3.57. The van der Waals surface area contributed by atoms with Crippen LogP contribution in [0.25, 0.3) is 39.7 Å². The van der Waals surface area contributed by atoms with E-state index in [2.05, 4.69) is 46.2 Å². The summed E-state index contributed by atoms with van der Waals surface area (Å²) in [6, 6.07) is 8.64. The van der Waals surface area contributed by atoms with Crippen molar-refractivity contribution < 1.29 is 13.9 Å². The zero-order valence-corrected chi connectivity index (χ0v) is 21.5. The number of aromatic nitrogens is 3. The normalized spacial score (nSPS) is 20.9. The predicted octanol–water partition coefficient (Wildman–Crippen LogP) is 4.46. The molecule has 194 valence electrons. The fourth-order valence-corrected chi connectivity index (χ4v) is 6.36. The van der Waals surface area contributed by atoms with Crippen molar-refractivity contribution in [2.24, 2.45) is 5.41 Å². The van der Waals surface area contributed by atoms with Crippen molar-refractivity contribution in [3.63, 3.8) is 0 Å². The SMILES string of the molecule is C1=Cc2c(cccc2-c2nc(N3CCOCC3)c3oc4ncc(CN5CCC6(CC5)COC6)cc4c3n2)C1. The molecule has 4 aliphatic rings. The first-order chi connectivity index (χ1) is 18.7. The van der Waals surface area contributed by atoms with Crippen LogP contribution in [0.2, 0.25) is 0 Å². The summed E-state index contributed by atoms with van der Waals surface area (Å²) in [6.45, 7) is 7.86. The number of fused-ring (bicyclic) bond motifs is 4. The van der Waals surface area contributed by atoms with Crippen molar-refractivity contribution in [1.29, 1.82) is 0 Å². The number of hydrogen-bond acceptors (Lipinski definition) is 8. The monoisotopic (exact) mass is 509 g/mol. The molecule has 38 heavy (non-hydrogen) atoms. The van der Waals surface area contributed by atoms with Crippen molar-refractivity contribution >= 4 is 34.1 Å². The predicted molar refractivity (Wildman–Crippen MR) is 146 cm³/mol.